The van der Waals surface area contributed by atoms with E-state index >= 15 is 0 Å². The number of rotatable bonds is 5. The molecule has 0 bridgehead atoms. The zero-order valence-electron chi connectivity index (χ0n) is 8.72. The lowest BCUT2D eigenvalue weighted by Crippen LogP contribution is -2.01. The first-order valence-corrected chi connectivity index (χ1v) is 4.90. The molecule has 4 nitrogen and oxygen atoms in total. The van der Waals surface area contributed by atoms with E-state index in [2.05, 4.69) is 24.2 Å². The van der Waals surface area contributed by atoms with Crippen LogP contribution < -0.4 is 0 Å². The predicted molar refractivity (Wildman–Crippen MR) is 55.5 cm³/mol. The lowest BCUT2D eigenvalue weighted by molar-refractivity contribution is 0.342. The summed E-state index contributed by atoms with van der Waals surface area (Å²) in [5.41, 5.74) is 1.01. The molecule has 1 N–H and O–H groups in total. The molecule has 0 amide bonds. The van der Waals surface area contributed by atoms with Crippen LogP contribution in [0.2, 0.25) is 0 Å². The monoisotopic (exact) mass is 195 g/mol. The highest BCUT2D eigenvalue weighted by atomic mass is 16.2. The third kappa shape index (κ3) is 3.30. The number of aromatic nitrogens is 3. The van der Waals surface area contributed by atoms with Crippen LogP contribution in [0.5, 0.6) is 0 Å². The van der Waals surface area contributed by atoms with Gasteiger partial charge in [-0.25, -0.2) is 4.68 Å². The van der Waals surface area contributed by atoms with Gasteiger partial charge in [0, 0.05) is 5.70 Å². The molecule has 1 aromatic rings. The van der Waals surface area contributed by atoms with Crippen molar-refractivity contribution in [1.29, 1.82) is 0 Å². The smallest absolute Gasteiger partial charge is 0.0697 e. The Balaban J connectivity index is 2.62. The fourth-order valence-corrected chi connectivity index (χ4v) is 1.21. The van der Waals surface area contributed by atoms with Crippen molar-refractivity contribution in [2.24, 2.45) is 5.92 Å². The standard InChI is InChI=1S/C10H17N3O/c1-9(2)3-4-10(5-8-14)13-7-6-11-12-13/h5-7,9,14H,3-4,8H2,1-2H3. The molecule has 0 aromatic carbocycles. The van der Waals surface area contributed by atoms with E-state index in [-0.39, 0.29) is 6.61 Å². The van der Waals surface area contributed by atoms with Crippen molar-refractivity contribution < 1.29 is 5.11 Å². The van der Waals surface area contributed by atoms with Gasteiger partial charge in [-0.3, -0.25) is 0 Å². The number of aliphatic hydroxyl groups is 1. The van der Waals surface area contributed by atoms with E-state index in [0.717, 1.165) is 18.5 Å². The van der Waals surface area contributed by atoms with Gasteiger partial charge >= 0.3 is 0 Å². The molecule has 0 aliphatic heterocycles. The second kappa shape index (κ2) is 5.54. The van der Waals surface area contributed by atoms with Crippen molar-refractivity contribution in [2.75, 3.05) is 6.61 Å². The molecule has 1 heterocycles. The summed E-state index contributed by atoms with van der Waals surface area (Å²) in [5.74, 6) is 0.653. The van der Waals surface area contributed by atoms with E-state index in [1.165, 1.54) is 0 Å². The Hall–Kier alpha value is -1.16. The topological polar surface area (TPSA) is 50.9 Å². The van der Waals surface area contributed by atoms with E-state index in [1.807, 2.05) is 0 Å². The highest BCUT2D eigenvalue weighted by molar-refractivity contribution is 5.43. The van der Waals surface area contributed by atoms with E-state index in [0.29, 0.717) is 5.92 Å². The Kier molecular flexibility index (Phi) is 4.32. The van der Waals surface area contributed by atoms with Gasteiger partial charge < -0.3 is 5.11 Å². The number of hydrogen-bond acceptors (Lipinski definition) is 3. The van der Waals surface area contributed by atoms with Gasteiger partial charge in [0.15, 0.2) is 0 Å². The van der Waals surface area contributed by atoms with Crippen molar-refractivity contribution in [3.8, 4) is 0 Å². The number of hydrogen-bond donors (Lipinski definition) is 1. The van der Waals surface area contributed by atoms with Crippen LogP contribution >= 0.6 is 0 Å². The van der Waals surface area contributed by atoms with Gasteiger partial charge in [0.25, 0.3) is 0 Å². The normalized spacial score (nSPS) is 12.4. The van der Waals surface area contributed by atoms with Gasteiger partial charge in [0.1, 0.15) is 0 Å². The summed E-state index contributed by atoms with van der Waals surface area (Å²) in [4.78, 5) is 0. The molecule has 0 radical (unpaired) electrons. The molecule has 0 spiro atoms. The minimum atomic E-state index is 0.0489. The number of aliphatic hydroxyl groups excluding tert-OH is 1. The molecule has 0 unspecified atom stereocenters. The molecule has 0 aliphatic rings. The first-order chi connectivity index (χ1) is 6.74. The SMILES string of the molecule is CC(C)CCC(=CCO)n1ccnn1. The maximum Gasteiger partial charge on any atom is 0.0697 e. The van der Waals surface area contributed by atoms with Crippen LogP contribution in [-0.4, -0.2) is 26.7 Å². The first kappa shape index (κ1) is 10.9. The van der Waals surface area contributed by atoms with Crippen LogP contribution in [-0.2, 0) is 0 Å². The Morgan fingerprint density at radius 2 is 2.36 bits per heavy atom. The van der Waals surface area contributed by atoms with Gasteiger partial charge in [0.05, 0.1) is 19.0 Å². The molecular formula is C10H17N3O. The predicted octanol–water partition coefficient (Wildman–Crippen LogP) is 1.55. The quantitative estimate of drug-likeness (QED) is 0.775. The zero-order chi connectivity index (χ0) is 10.4. The van der Waals surface area contributed by atoms with Crippen molar-refractivity contribution in [3.63, 3.8) is 0 Å². The fourth-order valence-electron chi connectivity index (χ4n) is 1.21. The minimum absolute atomic E-state index is 0.0489. The number of nitrogens with zero attached hydrogens (tertiary/aromatic N) is 3. The van der Waals surface area contributed by atoms with Crippen LogP contribution in [0.1, 0.15) is 26.7 Å². The molecule has 0 atom stereocenters. The Labute approximate surface area is 84.3 Å². The average molecular weight is 195 g/mol. The van der Waals surface area contributed by atoms with E-state index in [1.54, 1.807) is 23.2 Å². The Morgan fingerprint density at radius 3 is 2.86 bits per heavy atom. The summed E-state index contributed by atoms with van der Waals surface area (Å²) < 4.78 is 1.71. The fraction of sp³-hybridized carbons (Fsp3) is 0.600. The van der Waals surface area contributed by atoms with Crippen molar-refractivity contribution in [2.45, 2.75) is 26.7 Å². The van der Waals surface area contributed by atoms with Gasteiger partial charge in [-0.15, -0.1) is 5.10 Å². The lowest BCUT2D eigenvalue weighted by atomic mass is 10.1. The van der Waals surface area contributed by atoms with Crippen LogP contribution in [0.4, 0.5) is 0 Å². The van der Waals surface area contributed by atoms with E-state index in [4.69, 9.17) is 5.11 Å². The van der Waals surface area contributed by atoms with Gasteiger partial charge in [0.2, 0.25) is 0 Å². The second-order valence-electron chi connectivity index (χ2n) is 3.66. The van der Waals surface area contributed by atoms with E-state index < -0.39 is 0 Å². The maximum absolute atomic E-state index is 8.86. The maximum atomic E-state index is 8.86. The molecule has 1 rings (SSSR count). The Morgan fingerprint density at radius 1 is 1.57 bits per heavy atom. The first-order valence-electron chi connectivity index (χ1n) is 4.90. The summed E-state index contributed by atoms with van der Waals surface area (Å²) in [6, 6.07) is 0. The third-order valence-corrected chi connectivity index (χ3v) is 2.02. The van der Waals surface area contributed by atoms with E-state index in [9.17, 15) is 0 Å². The third-order valence-electron chi connectivity index (χ3n) is 2.02. The molecule has 0 aliphatic carbocycles. The summed E-state index contributed by atoms with van der Waals surface area (Å²) in [7, 11) is 0. The largest absolute Gasteiger partial charge is 0.392 e. The molecule has 4 heteroatoms. The zero-order valence-corrected chi connectivity index (χ0v) is 8.72. The summed E-state index contributed by atoms with van der Waals surface area (Å²) >= 11 is 0. The summed E-state index contributed by atoms with van der Waals surface area (Å²) in [6.07, 6.45) is 7.22. The van der Waals surface area contributed by atoms with Crippen LogP contribution in [0.15, 0.2) is 18.5 Å². The van der Waals surface area contributed by atoms with Crippen LogP contribution in [0.25, 0.3) is 5.70 Å². The summed E-state index contributed by atoms with van der Waals surface area (Å²) in [5, 5.41) is 16.5. The second-order valence-corrected chi connectivity index (χ2v) is 3.66. The van der Waals surface area contributed by atoms with Crippen molar-refractivity contribution >= 4 is 5.70 Å². The minimum Gasteiger partial charge on any atom is -0.392 e. The van der Waals surface area contributed by atoms with Gasteiger partial charge in [-0.1, -0.05) is 19.1 Å². The van der Waals surface area contributed by atoms with Crippen LogP contribution in [0.3, 0.4) is 0 Å². The average Bonchev–Trinajstić information content (AvgIpc) is 2.64. The van der Waals surface area contributed by atoms with Crippen molar-refractivity contribution in [1.82, 2.24) is 15.0 Å². The van der Waals surface area contributed by atoms with Gasteiger partial charge in [-0.05, 0) is 24.8 Å². The number of allylic oxidation sites excluding steroid dienone is 1. The highest BCUT2D eigenvalue weighted by Crippen LogP contribution is 2.14. The lowest BCUT2D eigenvalue weighted by Gasteiger charge is -2.08. The van der Waals surface area contributed by atoms with Gasteiger partial charge in [-0.2, -0.15) is 0 Å². The molecular weight excluding hydrogens is 178 g/mol. The van der Waals surface area contributed by atoms with Crippen molar-refractivity contribution in [3.05, 3.63) is 18.5 Å². The summed E-state index contributed by atoms with van der Waals surface area (Å²) in [6.45, 7) is 4.41. The molecule has 14 heavy (non-hydrogen) atoms. The highest BCUT2D eigenvalue weighted by Gasteiger charge is 2.02. The molecule has 1 aromatic heterocycles. The molecule has 78 valence electrons. The van der Waals surface area contributed by atoms with Crippen LogP contribution in [0, 0.1) is 5.92 Å². The Bertz CT molecular complexity index is 278. The molecule has 0 saturated carbocycles. The molecule has 0 saturated heterocycles. The molecule has 0 fully saturated rings.